The van der Waals surface area contributed by atoms with E-state index in [1.54, 1.807) is 12.1 Å². The Bertz CT molecular complexity index is 866. The molecule has 5 nitrogen and oxygen atoms in total. The number of hydrogen-bond donors (Lipinski definition) is 0. The van der Waals surface area contributed by atoms with Crippen LogP contribution in [-0.2, 0) is 11.3 Å². The molecule has 3 rings (SSSR count). The predicted octanol–water partition coefficient (Wildman–Crippen LogP) is 2.29. The first-order chi connectivity index (χ1) is 10.2. The fourth-order valence-corrected chi connectivity index (χ4v) is 2.98. The molecule has 0 bridgehead atoms. The first kappa shape index (κ1) is 13.5. The molecule has 0 unspecified atom stereocenters. The van der Waals surface area contributed by atoms with Gasteiger partial charge < -0.3 is 4.74 Å². The van der Waals surface area contributed by atoms with Crippen molar-refractivity contribution >= 4 is 28.2 Å². The van der Waals surface area contributed by atoms with Crippen LogP contribution >= 0.6 is 11.3 Å². The molecule has 6 heteroatoms. The van der Waals surface area contributed by atoms with E-state index in [0.717, 1.165) is 4.88 Å². The normalized spacial score (nSPS) is 10.7. The Morgan fingerprint density at radius 3 is 2.90 bits per heavy atom. The Morgan fingerprint density at radius 1 is 1.29 bits per heavy atom. The van der Waals surface area contributed by atoms with Crippen molar-refractivity contribution in [1.29, 1.82) is 0 Å². The van der Waals surface area contributed by atoms with Crippen LogP contribution < -0.4 is 5.56 Å². The van der Waals surface area contributed by atoms with Gasteiger partial charge in [0.1, 0.15) is 4.88 Å². The third-order valence-electron chi connectivity index (χ3n) is 3.11. The molecular formula is C15H12N2O3S. The molecule has 0 saturated carbocycles. The van der Waals surface area contributed by atoms with Gasteiger partial charge in [0, 0.05) is 4.88 Å². The first-order valence-electron chi connectivity index (χ1n) is 6.30. The van der Waals surface area contributed by atoms with E-state index in [1.807, 2.05) is 24.3 Å². The van der Waals surface area contributed by atoms with Gasteiger partial charge in [0.15, 0.2) is 0 Å². The van der Waals surface area contributed by atoms with Crippen LogP contribution in [0.2, 0.25) is 0 Å². The second-order valence-electron chi connectivity index (χ2n) is 4.45. The lowest BCUT2D eigenvalue weighted by molar-refractivity contribution is 0.0606. The summed E-state index contributed by atoms with van der Waals surface area (Å²) in [6.07, 6.45) is 1.53. The van der Waals surface area contributed by atoms with Crippen molar-refractivity contribution in [1.82, 2.24) is 9.55 Å². The van der Waals surface area contributed by atoms with Gasteiger partial charge in [-0.2, -0.15) is 0 Å². The molecule has 0 atom stereocenters. The monoisotopic (exact) mass is 300 g/mol. The molecule has 0 N–H and O–H groups in total. The van der Waals surface area contributed by atoms with E-state index in [4.69, 9.17) is 0 Å². The maximum Gasteiger partial charge on any atom is 0.348 e. The zero-order chi connectivity index (χ0) is 14.8. The fraction of sp³-hybridized carbons (Fsp3) is 0.133. The number of carbonyl (C=O) groups is 1. The van der Waals surface area contributed by atoms with Crippen LogP contribution in [0.3, 0.4) is 0 Å². The number of thiophene rings is 1. The average Bonchev–Trinajstić information content (AvgIpc) is 2.98. The van der Waals surface area contributed by atoms with Crippen molar-refractivity contribution in [2.24, 2.45) is 0 Å². The van der Waals surface area contributed by atoms with Gasteiger partial charge in [-0.3, -0.25) is 9.36 Å². The van der Waals surface area contributed by atoms with Crippen molar-refractivity contribution in [2.45, 2.75) is 6.54 Å². The van der Waals surface area contributed by atoms with E-state index >= 15 is 0 Å². The molecule has 0 saturated heterocycles. The van der Waals surface area contributed by atoms with E-state index in [9.17, 15) is 9.59 Å². The lowest BCUT2D eigenvalue weighted by atomic mass is 10.2. The van der Waals surface area contributed by atoms with Gasteiger partial charge in [-0.1, -0.05) is 12.1 Å². The third-order valence-corrected chi connectivity index (χ3v) is 4.16. The molecule has 0 amide bonds. The van der Waals surface area contributed by atoms with E-state index < -0.39 is 0 Å². The first-order valence-corrected chi connectivity index (χ1v) is 7.12. The number of rotatable bonds is 3. The molecular weight excluding hydrogens is 288 g/mol. The highest BCUT2D eigenvalue weighted by Gasteiger charge is 2.10. The summed E-state index contributed by atoms with van der Waals surface area (Å²) in [4.78, 5) is 29.5. The van der Waals surface area contributed by atoms with Crippen LogP contribution in [0, 0.1) is 0 Å². The second kappa shape index (κ2) is 5.49. The number of nitrogens with zero attached hydrogens (tertiary/aromatic N) is 2. The van der Waals surface area contributed by atoms with Gasteiger partial charge in [-0.05, 0) is 24.3 Å². The Morgan fingerprint density at radius 2 is 2.10 bits per heavy atom. The molecule has 106 valence electrons. The maximum absolute atomic E-state index is 12.4. The zero-order valence-corrected chi connectivity index (χ0v) is 12.1. The Balaban J connectivity index is 1.95. The number of benzene rings is 1. The van der Waals surface area contributed by atoms with Gasteiger partial charge in [0.05, 0.1) is 30.9 Å². The van der Waals surface area contributed by atoms with Crippen molar-refractivity contribution < 1.29 is 9.53 Å². The Hall–Kier alpha value is -2.47. The second-order valence-corrected chi connectivity index (χ2v) is 5.62. The minimum Gasteiger partial charge on any atom is -0.465 e. The summed E-state index contributed by atoms with van der Waals surface area (Å²) in [5.41, 5.74) is 0.591. The molecule has 2 aromatic heterocycles. The topological polar surface area (TPSA) is 61.2 Å². The highest BCUT2D eigenvalue weighted by atomic mass is 32.1. The van der Waals surface area contributed by atoms with Crippen LogP contribution in [0.15, 0.2) is 47.5 Å². The van der Waals surface area contributed by atoms with Gasteiger partial charge in [-0.15, -0.1) is 11.3 Å². The van der Waals surface area contributed by atoms with Crippen molar-refractivity contribution in [2.75, 3.05) is 7.11 Å². The van der Waals surface area contributed by atoms with Gasteiger partial charge in [0.2, 0.25) is 0 Å². The van der Waals surface area contributed by atoms with Crippen molar-refractivity contribution in [3.8, 4) is 0 Å². The summed E-state index contributed by atoms with van der Waals surface area (Å²) >= 11 is 1.31. The Labute approximate surface area is 124 Å². The molecule has 0 aliphatic heterocycles. The molecule has 2 heterocycles. The molecule has 0 spiro atoms. The summed E-state index contributed by atoms with van der Waals surface area (Å²) in [5.74, 6) is -0.366. The molecule has 0 radical (unpaired) electrons. The van der Waals surface area contributed by atoms with Crippen LogP contribution in [0.4, 0.5) is 0 Å². The lowest BCUT2D eigenvalue weighted by Crippen LogP contribution is -2.20. The highest BCUT2D eigenvalue weighted by molar-refractivity contribution is 7.13. The highest BCUT2D eigenvalue weighted by Crippen LogP contribution is 2.18. The SMILES string of the molecule is COC(=O)c1ccc(Cn2cnc3ccccc3c2=O)s1. The van der Waals surface area contributed by atoms with Gasteiger partial charge in [-0.25, -0.2) is 9.78 Å². The minimum absolute atomic E-state index is 0.0892. The molecule has 0 fully saturated rings. The summed E-state index contributed by atoms with van der Waals surface area (Å²) in [7, 11) is 1.35. The standard InChI is InChI=1S/C15H12N2O3S/c1-20-15(19)13-7-6-10(21-13)8-17-9-16-12-5-3-2-4-11(12)14(17)18/h2-7,9H,8H2,1H3. The molecule has 0 aliphatic rings. The van der Waals surface area contributed by atoms with E-state index in [2.05, 4.69) is 9.72 Å². The number of carbonyl (C=O) groups excluding carboxylic acids is 1. The van der Waals surface area contributed by atoms with Crippen molar-refractivity contribution in [3.63, 3.8) is 0 Å². The number of esters is 1. The number of para-hydroxylation sites is 1. The quantitative estimate of drug-likeness (QED) is 0.696. The molecule has 1 aromatic carbocycles. The number of fused-ring (bicyclic) bond motifs is 1. The van der Waals surface area contributed by atoms with E-state index in [0.29, 0.717) is 22.3 Å². The Kier molecular flexibility index (Phi) is 3.53. The zero-order valence-electron chi connectivity index (χ0n) is 11.3. The van der Waals surface area contributed by atoms with Crippen LogP contribution in [0.5, 0.6) is 0 Å². The molecule has 0 aliphatic carbocycles. The van der Waals surface area contributed by atoms with Gasteiger partial charge >= 0.3 is 5.97 Å². The van der Waals surface area contributed by atoms with E-state index in [1.165, 1.54) is 29.3 Å². The average molecular weight is 300 g/mol. The summed E-state index contributed by atoms with van der Waals surface area (Å²) in [6, 6.07) is 10.7. The number of hydrogen-bond acceptors (Lipinski definition) is 5. The number of ether oxygens (including phenoxy) is 1. The number of methoxy groups -OCH3 is 1. The van der Waals surface area contributed by atoms with Crippen LogP contribution in [0.25, 0.3) is 10.9 Å². The maximum atomic E-state index is 12.4. The van der Waals surface area contributed by atoms with Gasteiger partial charge in [0.25, 0.3) is 5.56 Å². The fourth-order valence-electron chi connectivity index (χ4n) is 2.06. The lowest BCUT2D eigenvalue weighted by Gasteiger charge is -2.04. The number of aromatic nitrogens is 2. The third kappa shape index (κ3) is 2.57. The molecule has 21 heavy (non-hydrogen) atoms. The summed E-state index contributed by atoms with van der Waals surface area (Å²) in [6.45, 7) is 0.387. The molecule has 3 aromatic rings. The van der Waals surface area contributed by atoms with Crippen LogP contribution in [0.1, 0.15) is 14.5 Å². The summed E-state index contributed by atoms with van der Waals surface area (Å²) in [5, 5.41) is 0.588. The predicted molar refractivity (Wildman–Crippen MR) is 80.8 cm³/mol. The smallest absolute Gasteiger partial charge is 0.348 e. The van der Waals surface area contributed by atoms with Crippen LogP contribution in [-0.4, -0.2) is 22.6 Å². The largest absolute Gasteiger partial charge is 0.465 e. The van der Waals surface area contributed by atoms with E-state index in [-0.39, 0.29) is 11.5 Å². The van der Waals surface area contributed by atoms with Crippen molar-refractivity contribution in [3.05, 3.63) is 62.8 Å². The minimum atomic E-state index is -0.366. The summed E-state index contributed by atoms with van der Waals surface area (Å²) < 4.78 is 6.21.